The van der Waals surface area contributed by atoms with Gasteiger partial charge in [-0.25, -0.2) is 8.42 Å². The molecule has 2 aliphatic heterocycles. The predicted octanol–water partition coefficient (Wildman–Crippen LogP) is 2.12. The number of halogens is 1. The lowest BCUT2D eigenvalue weighted by atomic mass is 9.96. The molecule has 2 fully saturated rings. The highest BCUT2D eigenvalue weighted by Gasteiger charge is 2.33. The van der Waals surface area contributed by atoms with Crippen molar-refractivity contribution in [1.29, 1.82) is 0 Å². The number of piperazine rings is 1. The zero-order valence-corrected chi connectivity index (χ0v) is 19.0. The second kappa shape index (κ2) is 9.10. The van der Waals surface area contributed by atoms with E-state index in [-0.39, 0.29) is 11.8 Å². The van der Waals surface area contributed by atoms with E-state index in [2.05, 4.69) is 15.1 Å². The Morgan fingerprint density at radius 3 is 2.32 bits per heavy atom. The van der Waals surface area contributed by atoms with Gasteiger partial charge in [0.05, 0.1) is 17.9 Å². The predicted molar refractivity (Wildman–Crippen MR) is 120 cm³/mol. The zero-order valence-electron chi connectivity index (χ0n) is 17.4. The first-order chi connectivity index (χ1) is 14.8. The van der Waals surface area contributed by atoms with Crippen LogP contribution in [0.4, 0.5) is 5.82 Å². The smallest absolute Gasteiger partial charge is 0.227 e. The first kappa shape index (κ1) is 22.0. The number of aromatic nitrogens is 2. The molecule has 1 aromatic heterocycles. The topological polar surface area (TPSA) is 86.7 Å². The van der Waals surface area contributed by atoms with Crippen LogP contribution in [0.1, 0.15) is 12.8 Å². The Labute approximate surface area is 187 Å². The number of hydrogen-bond donors (Lipinski definition) is 0. The molecule has 2 aliphatic rings. The molecule has 1 atom stereocenters. The van der Waals surface area contributed by atoms with E-state index < -0.39 is 10.0 Å². The molecular formula is C21H26ClN5O3S. The highest BCUT2D eigenvalue weighted by molar-refractivity contribution is 7.88. The maximum Gasteiger partial charge on any atom is 0.227 e. The molecule has 3 heterocycles. The fourth-order valence-electron chi connectivity index (χ4n) is 4.15. The molecule has 10 heteroatoms. The molecule has 31 heavy (non-hydrogen) atoms. The molecule has 8 nitrogen and oxygen atoms in total. The minimum Gasteiger partial charge on any atom is -0.354 e. The molecule has 0 bridgehead atoms. The number of carbonyl (C=O) groups excluding carboxylic acids is 1. The van der Waals surface area contributed by atoms with Crippen LogP contribution in [0.25, 0.3) is 11.3 Å². The third-order valence-corrected chi connectivity index (χ3v) is 7.46. The van der Waals surface area contributed by atoms with Crippen molar-refractivity contribution < 1.29 is 13.2 Å². The number of nitrogens with zero attached hydrogens (tertiary/aromatic N) is 5. The van der Waals surface area contributed by atoms with E-state index >= 15 is 0 Å². The van der Waals surface area contributed by atoms with E-state index in [1.54, 1.807) is 4.90 Å². The van der Waals surface area contributed by atoms with Gasteiger partial charge in [-0.2, -0.15) is 4.31 Å². The Morgan fingerprint density at radius 2 is 1.71 bits per heavy atom. The van der Waals surface area contributed by atoms with E-state index in [1.807, 2.05) is 36.4 Å². The van der Waals surface area contributed by atoms with Crippen LogP contribution >= 0.6 is 11.6 Å². The molecule has 0 saturated carbocycles. The number of carbonyl (C=O) groups is 1. The van der Waals surface area contributed by atoms with E-state index in [0.29, 0.717) is 37.7 Å². The first-order valence-electron chi connectivity index (χ1n) is 10.4. The van der Waals surface area contributed by atoms with E-state index in [4.69, 9.17) is 11.6 Å². The van der Waals surface area contributed by atoms with Gasteiger partial charge in [-0.05, 0) is 37.1 Å². The summed E-state index contributed by atoms with van der Waals surface area (Å²) >= 11 is 5.95. The molecular weight excluding hydrogens is 438 g/mol. The van der Waals surface area contributed by atoms with Crippen LogP contribution in [0.5, 0.6) is 0 Å². The molecule has 0 spiro atoms. The molecule has 4 rings (SSSR count). The molecule has 0 radical (unpaired) electrons. The second-order valence-corrected chi connectivity index (χ2v) is 10.5. The van der Waals surface area contributed by atoms with Crippen LogP contribution in [0.2, 0.25) is 5.02 Å². The molecule has 0 N–H and O–H groups in total. The standard InChI is InChI=1S/C21H26ClN5O3S/c1-31(29,30)27-13-11-25(12-14-27)21(28)17-3-2-10-26(15-17)20-9-8-19(23-24-20)16-4-6-18(22)7-5-16/h4-9,17H,2-3,10-15H2,1H3. The Bertz CT molecular complexity index is 1020. The van der Waals surface area contributed by atoms with Gasteiger partial charge in [0.25, 0.3) is 0 Å². The Morgan fingerprint density at radius 1 is 1.00 bits per heavy atom. The maximum atomic E-state index is 13.0. The van der Waals surface area contributed by atoms with Gasteiger partial charge in [-0.1, -0.05) is 23.7 Å². The SMILES string of the molecule is CS(=O)(=O)N1CCN(C(=O)C2CCCN(c3ccc(-c4ccc(Cl)cc4)nn3)C2)CC1. The number of rotatable bonds is 4. The van der Waals surface area contributed by atoms with Gasteiger partial charge >= 0.3 is 0 Å². The summed E-state index contributed by atoms with van der Waals surface area (Å²) in [6.45, 7) is 3.04. The van der Waals surface area contributed by atoms with Crippen molar-refractivity contribution >= 4 is 33.3 Å². The van der Waals surface area contributed by atoms with Crippen LogP contribution in [-0.4, -0.2) is 79.3 Å². The summed E-state index contributed by atoms with van der Waals surface area (Å²) < 4.78 is 24.8. The van der Waals surface area contributed by atoms with Gasteiger partial charge in [0.2, 0.25) is 15.9 Å². The monoisotopic (exact) mass is 463 g/mol. The average molecular weight is 464 g/mol. The van der Waals surface area contributed by atoms with Gasteiger partial charge < -0.3 is 9.80 Å². The largest absolute Gasteiger partial charge is 0.354 e. The fraction of sp³-hybridized carbons (Fsp3) is 0.476. The fourth-order valence-corrected chi connectivity index (χ4v) is 5.11. The lowest BCUT2D eigenvalue weighted by Crippen LogP contribution is -2.53. The van der Waals surface area contributed by atoms with Crippen LogP contribution in [0.15, 0.2) is 36.4 Å². The van der Waals surface area contributed by atoms with Crippen LogP contribution in [0, 0.1) is 5.92 Å². The lowest BCUT2D eigenvalue weighted by molar-refractivity contribution is -0.137. The molecule has 2 aromatic rings. The summed E-state index contributed by atoms with van der Waals surface area (Å²) in [5, 5.41) is 9.42. The normalized spacial score (nSPS) is 20.6. The van der Waals surface area contributed by atoms with E-state index in [1.165, 1.54) is 10.6 Å². The first-order valence-corrected chi connectivity index (χ1v) is 12.6. The molecule has 1 aromatic carbocycles. The van der Waals surface area contributed by atoms with Crippen molar-refractivity contribution in [3.05, 3.63) is 41.4 Å². The summed E-state index contributed by atoms with van der Waals surface area (Å²) in [6.07, 6.45) is 2.95. The second-order valence-electron chi connectivity index (χ2n) is 8.06. The lowest BCUT2D eigenvalue weighted by Gasteiger charge is -2.38. The van der Waals surface area contributed by atoms with Crippen molar-refractivity contribution in [1.82, 2.24) is 19.4 Å². The molecule has 166 valence electrons. The van der Waals surface area contributed by atoms with Gasteiger partial charge in [-0.15, -0.1) is 10.2 Å². The number of anilines is 1. The molecule has 1 unspecified atom stereocenters. The Hall–Kier alpha value is -2.23. The Balaban J connectivity index is 1.38. The van der Waals surface area contributed by atoms with E-state index in [9.17, 15) is 13.2 Å². The van der Waals surface area contributed by atoms with Crippen LogP contribution < -0.4 is 4.90 Å². The Kier molecular flexibility index (Phi) is 6.45. The number of sulfonamides is 1. The van der Waals surface area contributed by atoms with Gasteiger partial charge in [0, 0.05) is 49.9 Å². The third-order valence-electron chi connectivity index (χ3n) is 5.90. The number of piperidine rings is 1. The van der Waals surface area contributed by atoms with Gasteiger partial charge in [0.15, 0.2) is 5.82 Å². The summed E-state index contributed by atoms with van der Waals surface area (Å²) in [4.78, 5) is 16.9. The highest BCUT2D eigenvalue weighted by Crippen LogP contribution is 2.25. The number of benzene rings is 1. The van der Waals surface area contributed by atoms with Crippen molar-refractivity contribution in [3.8, 4) is 11.3 Å². The van der Waals surface area contributed by atoms with Crippen LogP contribution in [-0.2, 0) is 14.8 Å². The quantitative estimate of drug-likeness (QED) is 0.690. The molecule has 0 aliphatic carbocycles. The minimum atomic E-state index is -3.21. The van der Waals surface area contributed by atoms with Crippen molar-refractivity contribution in [2.45, 2.75) is 12.8 Å². The summed E-state index contributed by atoms with van der Waals surface area (Å²) in [7, 11) is -3.21. The van der Waals surface area contributed by atoms with E-state index in [0.717, 1.165) is 36.5 Å². The number of hydrogen-bond acceptors (Lipinski definition) is 6. The third kappa shape index (κ3) is 5.16. The summed E-state index contributed by atoms with van der Waals surface area (Å²) in [5.74, 6) is 0.747. The van der Waals surface area contributed by atoms with Crippen molar-refractivity contribution in [2.75, 3.05) is 50.4 Å². The van der Waals surface area contributed by atoms with Crippen molar-refractivity contribution in [2.24, 2.45) is 5.92 Å². The summed E-state index contributed by atoms with van der Waals surface area (Å²) in [5.41, 5.74) is 1.72. The number of amides is 1. The average Bonchev–Trinajstić information content (AvgIpc) is 2.79. The van der Waals surface area contributed by atoms with Gasteiger partial charge in [-0.3, -0.25) is 4.79 Å². The summed E-state index contributed by atoms with van der Waals surface area (Å²) in [6, 6.07) is 11.3. The minimum absolute atomic E-state index is 0.101. The maximum absolute atomic E-state index is 13.0. The zero-order chi connectivity index (χ0) is 22.0. The molecule has 2 saturated heterocycles. The van der Waals surface area contributed by atoms with Crippen molar-refractivity contribution in [3.63, 3.8) is 0 Å². The van der Waals surface area contributed by atoms with Gasteiger partial charge in [0.1, 0.15) is 0 Å². The molecule has 1 amide bonds. The van der Waals surface area contributed by atoms with Crippen LogP contribution in [0.3, 0.4) is 0 Å². The highest BCUT2D eigenvalue weighted by atomic mass is 35.5.